The minimum Gasteiger partial charge on any atom is -0.321 e. The highest BCUT2D eigenvalue weighted by Gasteiger charge is 2.08. The molecule has 0 bridgehead atoms. The zero-order chi connectivity index (χ0) is 15.2. The predicted octanol–water partition coefficient (Wildman–Crippen LogP) is 2.30. The van der Waals surface area contributed by atoms with Gasteiger partial charge in [-0.25, -0.2) is 0 Å². The third-order valence-electron chi connectivity index (χ3n) is 3.17. The Morgan fingerprint density at radius 3 is 2.71 bits per heavy atom. The van der Waals surface area contributed by atoms with Crippen LogP contribution < -0.4 is 16.2 Å². The molecule has 0 aliphatic rings. The summed E-state index contributed by atoms with van der Waals surface area (Å²) in [5.41, 5.74) is 1.74. The molecule has 0 saturated carbocycles. The second-order valence-electron chi connectivity index (χ2n) is 4.79. The highest BCUT2D eigenvalue weighted by atomic mass is 16.2. The quantitative estimate of drug-likeness (QED) is 0.789. The SMILES string of the molecule is CCNC(C)c1cccc(NC(=O)c2cccc(=O)[nH]2)c1. The molecule has 0 fully saturated rings. The van der Waals surface area contributed by atoms with E-state index in [1.807, 2.05) is 31.2 Å². The van der Waals surface area contributed by atoms with Crippen LogP contribution in [0.15, 0.2) is 47.3 Å². The molecule has 2 aromatic rings. The summed E-state index contributed by atoms with van der Waals surface area (Å²) in [7, 11) is 0. The van der Waals surface area contributed by atoms with Gasteiger partial charge in [-0.15, -0.1) is 0 Å². The summed E-state index contributed by atoms with van der Waals surface area (Å²) in [6.07, 6.45) is 0. The third-order valence-corrected chi connectivity index (χ3v) is 3.17. The molecule has 2 rings (SSSR count). The van der Waals surface area contributed by atoms with Crippen molar-refractivity contribution in [1.29, 1.82) is 0 Å². The van der Waals surface area contributed by atoms with Crippen LogP contribution in [0, 0.1) is 0 Å². The molecule has 0 aliphatic carbocycles. The summed E-state index contributed by atoms with van der Waals surface area (Å²) in [4.78, 5) is 25.8. The largest absolute Gasteiger partial charge is 0.321 e. The Labute approximate surface area is 123 Å². The zero-order valence-corrected chi connectivity index (χ0v) is 12.1. The average Bonchev–Trinajstić information content (AvgIpc) is 2.48. The lowest BCUT2D eigenvalue weighted by molar-refractivity contribution is 0.102. The number of aromatic nitrogens is 1. The van der Waals surface area contributed by atoms with E-state index in [1.54, 1.807) is 12.1 Å². The molecule has 21 heavy (non-hydrogen) atoms. The average molecular weight is 285 g/mol. The van der Waals surface area contributed by atoms with Crippen molar-refractivity contribution in [2.45, 2.75) is 19.9 Å². The predicted molar refractivity (Wildman–Crippen MR) is 83.5 cm³/mol. The Kier molecular flexibility index (Phi) is 4.90. The summed E-state index contributed by atoms with van der Waals surface area (Å²) in [5.74, 6) is -0.332. The van der Waals surface area contributed by atoms with Gasteiger partial charge in [0.05, 0.1) is 0 Å². The van der Waals surface area contributed by atoms with Crippen molar-refractivity contribution in [3.8, 4) is 0 Å². The Hall–Kier alpha value is -2.40. The van der Waals surface area contributed by atoms with Gasteiger partial charge in [0.15, 0.2) is 0 Å². The zero-order valence-electron chi connectivity index (χ0n) is 12.1. The van der Waals surface area contributed by atoms with E-state index in [1.165, 1.54) is 6.07 Å². The summed E-state index contributed by atoms with van der Waals surface area (Å²) >= 11 is 0. The smallest absolute Gasteiger partial charge is 0.272 e. The fourth-order valence-electron chi connectivity index (χ4n) is 2.09. The minimum absolute atomic E-state index is 0.211. The number of pyridine rings is 1. The van der Waals surface area contributed by atoms with Gasteiger partial charge in [-0.3, -0.25) is 9.59 Å². The molecule has 110 valence electrons. The Morgan fingerprint density at radius 2 is 2.00 bits per heavy atom. The second-order valence-corrected chi connectivity index (χ2v) is 4.79. The van der Waals surface area contributed by atoms with E-state index in [0.29, 0.717) is 5.69 Å². The number of hydrogen-bond acceptors (Lipinski definition) is 3. The van der Waals surface area contributed by atoms with E-state index in [4.69, 9.17) is 0 Å². The van der Waals surface area contributed by atoms with Crippen molar-refractivity contribution < 1.29 is 4.79 Å². The van der Waals surface area contributed by atoms with Crippen LogP contribution in [0.2, 0.25) is 0 Å². The van der Waals surface area contributed by atoms with E-state index < -0.39 is 0 Å². The first kappa shape index (κ1) is 15.0. The molecular formula is C16H19N3O2. The van der Waals surface area contributed by atoms with Crippen LogP contribution in [0.4, 0.5) is 5.69 Å². The number of benzene rings is 1. The highest BCUT2D eigenvalue weighted by molar-refractivity contribution is 6.02. The van der Waals surface area contributed by atoms with Crippen LogP contribution in [-0.4, -0.2) is 17.4 Å². The van der Waals surface area contributed by atoms with Gasteiger partial charge in [-0.2, -0.15) is 0 Å². The summed E-state index contributed by atoms with van der Waals surface area (Å²) < 4.78 is 0. The minimum atomic E-state index is -0.332. The van der Waals surface area contributed by atoms with E-state index >= 15 is 0 Å². The van der Waals surface area contributed by atoms with Gasteiger partial charge >= 0.3 is 0 Å². The topological polar surface area (TPSA) is 74.0 Å². The molecule has 1 heterocycles. The van der Waals surface area contributed by atoms with E-state index in [0.717, 1.165) is 12.1 Å². The summed E-state index contributed by atoms with van der Waals surface area (Å²) in [6, 6.07) is 12.4. The number of carbonyl (C=O) groups is 1. The first-order valence-corrected chi connectivity index (χ1v) is 6.94. The molecule has 0 radical (unpaired) electrons. The molecule has 5 nitrogen and oxygen atoms in total. The highest BCUT2D eigenvalue weighted by Crippen LogP contribution is 2.17. The van der Waals surface area contributed by atoms with Crippen molar-refractivity contribution >= 4 is 11.6 Å². The molecule has 5 heteroatoms. The lowest BCUT2D eigenvalue weighted by Gasteiger charge is -2.14. The van der Waals surface area contributed by atoms with Crippen molar-refractivity contribution in [3.63, 3.8) is 0 Å². The standard InChI is InChI=1S/C16H19N3O2/c1-3-17-11(2)12-6-4-7-13(10-12)18-16(21)14-8-5-9-15(20)19-14/h4-11,17H,3H2,1-2H3,(H,18,21)(H,19,20). The Bertz CT molecular complexity index is 679. The molecule has 1 aromatic heterocycles. The van der Waals surface area contributed by atoms with Gasteiger partial charge in [-0.05, 0) is 37.2 Å². The first-order chi connectivity index (χ1) is 10.1. The van der Waals surface area contributed by atoms with Gasteiger partial charge in [0.1, 0.15) is 5.69 Å². The molecule has 0 saturated heterocycles. The normalized spacial score (nSPS) is 11.9. The van der Waals surface area contributed by atoms with Crippen LogP contribution in [-0.2, 0) is 0 Å². The summed E-state index contributed by atoms with van der Waals surface area (Å²) in [5, 5.41) is 6.11. The number of hydrogen-bond donors (Lipinski definition) is 3. The lowest BCUT2D eigenvalue weighted by Crippen LogP contribution is -2.19. The molecule has 3 N–H and O–H groups in total. The maximum Gasteiger partial charge on any atom is 0.272 e. The molecular weight excluding hydrogens is 266 g/mol. The monoisotopic (exact) mass is 285 g/mol. The fourth-order valence-corrected chi connectivity index (χ4v) is 2.09. The van der Waals surface area contributed by atoms with Crippen molar-refractivity contribution in [3.05, 3.63) is 64.1 Å². The molecule has 0 aliphatic heterocycles. The molecule has 1 atom stereocenters. The van der Waals surface area contributed by atoms with Gasteiger partial charge in [-0.1, -0.05) is 25.1 Å². The number of rotatable bonds is 5. The van der Waals surface area contributed by atoms with E-state index in [2.05, 4.69) is 22.5 Å². The number of nitrogens with one attached hydrogen (secondary N) is 3. The fraction of sp³-hybridized carbons (Fsp3) is 0.250. The first-order valence-electron chi connectivity index (χ1n) is 6.94. The van der Waals surface area contributed by atoms with Gasteiger partial charge < -0.3 is 15.6 Å². The molecule has 1 aromatic carbocycles. The van der Waals surface area contributed by atoms with Crippen molar-refractivity contribution in [2.75, 3.05) is 11.9 Å². The maximum atomic E-state index is 12.1. The van der Waals surface area contributed by atoms with Crippen LogP contribution in [0.1, 0.15) is 35.9 Å². The number of amides is 1. The van der Waals surface area contributed by atoms with E-state index in [-0.39, 0.29) is 23.2 Å². The van der Waals surface area contributed by atoms with Gasteiger partial charge in [0.2, 0.25) is 5.56 Å². The van der Waals surface area contributed by atoms with Crippen LogP contribution >= 0.6 is 0 Å². The third kappa shape index (κ3) is 4.03. The Morgan fingerprint density at radius 1 is 1.24 bits per heavy atom. The number of carbonyl (C=O) groups excluding carboxylic acids is 1. The molecule has 0 spiro atoms. The maximum absolute atomic E-state index is 12.1. The second kappa shape index (κ2) is 6.85. The van der Waals surface area contributed by atoms with Crippen molar-refractivity contribution in [1.82, 2.24) is 10.3 Å². The van der Waals surface area contributed by atoms with Crippen LogP contribution in [0.25, 0.3) is 0 Å². The van der Waals surface area contributed by atoms with Crippen molar-refractivity contribution in [2.24, 2.45) is 0 Å². The lowest BCUT2D eigenvalue weighted by atomic mass is 10.1. The Balaban J connectivity index is 2.14. The molecule has 1 unspecified atom stereocenters. The molecule has 1 amide bonds. The number of anilines is 1. The number of aromatic amines is 1. The number of H-pyrrole nitrogens is 1. The van der Waals surface area contributed by atoms with Crippen LogP contribution in [0.5, 0.6) is 0 Å². The van der Waals surface area contributed by atoms with Gasteiger partial charge in [0, 0.05) is 17.8 Å². The van der Waals surface area contributed by atoms with E-state index in [9.17, 15) is 9.59 Å². The van der Waals surface area contributed by atoms with Gasteiger partial charge in [0.25, 0.3) is 5.91 Å². The summed E-state index contributed by atoms with van der Waals surface area (Å²) in [6.45, 7) is 5.00. The van der Waals surface area contributed by atoms with Crippen LogP contribution in [0.3, 0.4) is 0 Å².